The highest BCUT2D eigenvalue weighted by Gasteiger charge is 2.31. The smallest absolute Gasteiger partial charge is 0.117 e. The minimum absolute atomic E-state index is 0.501. The molecular formula is C13H21NO2. The predicted octanol–water partition coefficient (Wildman–Crippen LogP) is 2.31. The highest BCUT2D eigenvalue weighted by molar-refractivity contribution is 4.98. The van der Waals surface area contributed by atoms with Crippen LogP contribution < -0.4 is 5.32 Å². The van der Waals surface area contributed by atoms with Gasteiger partial charge in [0.05, 0.1) is 18.4 Å². The normalized spacial score (nSPS) is 30.5. The summed E-state index contributed by atoms with van der Waals surface area (Å²) in [6, 6.07) is 3.83. The second kappa shape index (κ2) is 5.02. The van der Waals surface area contributed by atoms with Crippen molar-refractivity contribution < 1.29 is 9.52 Å². The van der Waals surface area contributed by atoms with Gasteiger partial charge in [0, 0.05) is 6.54 Å². The molecule has 1 saturated carbocycles. The zero-order valence-corrected chi connectivity index (χ0v) is 9.91. The average molecular weight is 223 g/mol. The predicted molar refractivity (Wildman–Crippen MR) is 63.0 cm³/mol. The third kappa shape index (κ3) is 3.09. The second-order valence-corrected chi connectivity index (χ2v) is 5.09. The van der Waals surface area contributed by atoms with Crippen molar-refractivity contribution in [2.75, 3.05) is 6.54 Å². The molecule has 2 rings (SSSR count). The summed E-state index contributed by atoms with van der Waals surface area (Å²) in [5, 5.41) is 13.6. The van der Waals surface area contributed by atoms with Crippen molar-refractivity contribution in [3.63, 3.8) is 0 Å². The van der Waals surface area contributed by atoms with Crippen molar-refractivity contribution in [3.05, 3.63) is 24.2 Å². The Hall–Kier alpha value is -0.800. The first-order valence-corrected chi connectivity index (χ1v) is 6.13. The van der Waals surface area contributed by atoms with Crippen LogP contribution in [0.4, 0.5) is 0 Å². The zero-order valence-electron chi connectivity index (χ0n) is 9.91. The lowest BCUT2D eigenvalue weighted by atomic mass is 9.79. The van der Waals surface area contributed by atoms with Crippen LogP contribution >= 0.6 is 0 Å². The molecule has 0 bridgehead atoms. The van der Waals surface area contributed by atoms with Gasteiger partial charge in [0.1, 0.15) is 5.76 Å². The van der Waals surface area contributed by atoms with Crippen LogP contribution in [-0.2, 0) is 6.54 Å². The molecule has 1 fully saturated rings. The topological polar surface area (TPSA) is 45.4 Å². The monoisotopic (exact) mass is 223 g/mol. The first-order valence-electron chi connectivity index (χ1n) is 6.13. The Labute approximate surface area is 96.8 Å². The van der Waals surface area contributed by atoms with Gasteiger partial charge >= 0.3 is 0 Å². The van der Waals surface area contributed by atoms with Crippen LogP contribution in [0.1, 0.15) is 38.4 Å². The third-order valence-corrected chi connectivity index (χ3v) is 3.54. The summed E-state index contributed by atoms with van der Waals surface area (Å²) in [5.41, 5.74) is -0.501. The quantitative estimate of drug-likeness (QED) is 0.823. The van der Waals surface area contributed by atoms with Gasteiger partial charge in [0.2, 0.25) is 0 Å². The number of hydrogen-bond donors (Lipinski definition) is 2. The van der Waals surface area contributed by atoms with Crippen LogP contribution in [0, 0.1) is 5.92 Å². The van der Waals surface area contributed by atoms with Gasteiger partial charge in [-0.25, -0.2) is 0 Å². The zero-order chi connectivity index (χ0) is 11.4. The molecule has 90 valence electrons. The van der Waals surface area contributed by atoms with Crippen LogP contribution in [-0.4, -0.2) is 17.3 Å². The first-order chi connectivity index (χ1) is 7.68. The van der Waals surface area contributed by atoms with Crippen molar-refractivity contribution in [1.82, 2.24) is 5.32 Å². The Balaban J connectivity index is 1.73. The fraction of sp³-hybridized carbons (Fsp3) is 0.692. The summed E-state index contributed by atoms with van der Waals surface area (Å²) in [6.07, 6.45) is 5.78. The molecule has 0 amide bonds. The van der Waals surface area contributed by atoms with E-state index in [1.807, 2.05) is 12.1 Å². The Morgan fingerprint density at radius 3 is 2.88 bits per heavy atom. The minimum atomic E-state index is -0.501. The van der Waals surface area contributed by atoms with E-state index >= 15 is 0 Å². The van der Waals surface area contributed by atoms with E-state index in [2.05, 4.69) is 12.2 Å². The Morgan fingerprint density at radius 2 is 2.25 bits per heavy atom. The maximum atomic E-state index is 10.3. The van der Waals surface area contributed by atoms with Gasteiger partial charge in [-0.15, -0.1) is 0 Å². The number of nitrogens with one attached hydrogen (secondary N) is 1. The summed E-state index contributed by atoms with van der Waals surface area (Å²) in [6.45, 7) is 3.63. The minimum Gasteiger partial charge on any atom is -0.468 e. The molecular weight excluding hydrogens is 202 g/mol. The number of rotatable bonds is 4. The lowest BCUT2D eigenvalue weighted by molar-refractivity contribution is -0.00656. The van der Waals surface area contributed by atoms with Gasteiger partial charge in [0.15, 0.2) is 0 Å². The van der Waals surface area contributed by atoms with Crippen molar-refractivity contribution in [1.29, 1.82) is 0 Å². The van der Waals surface area contributed by atoms with E-state index in [0.29, 0.717) is 13.1 Å². The van der Waals surface area contributed by atoms with E-state index in [1.54, 1.807) is 6.26 Å². The molecule has 1 aromatic heterocycles. The largest absolute Gasteiger partial charge is 0.468 e. The molecule has 1 aliphatic rings. The summed E-state index contributed by atoms with van der Waals surface area (Å²) >= 11 is 0. The van der Waals surface area contributed by atoms with E-state index in [9.17, 15) is 5.11 Å². The SMILES string of the molecule is CC1CCC(O)(CNCc2ccco2)CC1. The summed E-state index contributed by atoms with van der Waals surface area (Å²) < 4.78 is 5.23. The van der Waals surface area contributed by atoms with Gasteiger partial charge in [-0.3, -0.25) is 0 Å². The molecule has 3 nitrogen and oxygen atoms in total. The van der Waals surface area contributed by atoms with E-state index in [-0.39, 0.29) is 0 Å². The Morgan fingerprint density at radius 1 is 1.50 bits per heavy atom. The molecule has 0 unspecified atom stereocenters. The molecule has 0 atom stereocenters. The highest BCUT2D eigenvalue weighted by Crippen LogP contribution is 2.31. The third-order valence-electron chi connectivity index (χ3n) is 3.54. The lowest BCUT2D eigenvalue weighted by Gasteiger charge is -2.35. The molecule has 2 N–H and O–H groups in total. The number of aliphatic hydroxyl groups is 1. The van der Waals surface area contributed by atoms with Gasteiger partial charge < -0.3 is 14.8 Å². The molecule has 0 radical (unpaired) electrons. The van der Waals surface area contributed by atoms with Crippen molar-refractivity contribution >= 4 is 0 Å². The number of furan rings is 1. The van der Waals surface area contributed by atoms with E-state index in [4.69, 9.17) is 4.42 Å². The van der Waals surface area contributed by atoms with Crippen LogP contribution in [0.25, 0.3) is 0 Å². The van der Waals surface area contributed by atoms with E-state index in [0.717, 1.165) is 37.4 Å². The van der Waals surface area contributed by atoms with Gasteiger partial charge in [-0.2, -0.15) is 0 Å². The van der Waals surface area contributed by atoms with Crippen molar-refractivity contribution in [2.24, 2.45) is 5.92 Å². The summed E-state index contributed by atoms with van der Waals surface area (Å²) in [4.78, 5) is 0. The molecule has 1 aromatic rings. The lowest BCUT2D eigenvalue weighted by Crippen LogP contribution is -2.43. The molecule has 3 heteroatoms. The fourth-order valence-electron chi connectivity index (χ4n) is 2.31. The van der Waals surface area contributed by atoms with Crippen LogP contribution in [0.5, 0.6) is 0 Å². The summed E-state index contributed by atoms with van der Waals surface area (Å²) in [7, 11) is 0. The second-order valence-electron chi connectivity index (χ2n) is 5.09. The Kier molecular flexibility index (Phi) is 3.66. The van der Waals surface area contributed by atoms with Gasteiger partial charge in [0.25, 0.3) is 0 Å². The fourth-order valence-corrected chi connectivity index (χ4v) is 2.31. The first kappa shape index (κ1) is 11.7. The molecule has 0 aliphatic heterocycles. The molecule has 0 spiro atoms. The summed E-state index contributed by atoms with van der Waals surface area (Å²) in [5.74, 6) is 1.69. The van der Waals surface area contributed by atoms with Crippen molar-refractivity contribution in [3.8, 4) is 0 Å². The van der Waals surface area contributed by atoms with Crippen molar-refractivity contribution in [2.45, 2.75) is 44.8 Å². The van der Waals surface area contributed by atoms with Gasteiger partial charge in [-0.05, 0) is 43.7 Å². The number of hydrogen-bond acceptors (Lipinski definition) is 3. The average Bonchev–Trinajstić information content (AvgIpc) is 2.76. The van der Waals surface area contributed by atoms with E-state index < -0.39 is 5.60 Å². The Bertz CT molecular complexity index is 300. The standard InChI is InChI=1S/C13H21NO2/c1-11-4-6-13(15,7-5-11)10-14-9-12-3-2-8-16-12/h2-3,8,11,14-15H,4-7,9-10H2,1H3. The van der Waals surface area contributed by atoms with E-state index in [1.165, 1.54) is 0 Å². The maximum Gasteiger partial charge on any atom is 0.117 e. The van der Waals surface area contributed by atoms with Crippen LogP contribution in [0.2, 0.25) is 0 Å². The van der Waals surface area contributed by atoms with Crippen LogP contribution in [0.3, 0.4) is 0 Å². The molecule has 0 aromatic carbocycles. The maximum absolute atomic E-state index is 10.3. The van der Waals surface area contributed by atoms with Gasteiger partial charge in [-0.1, -0.05) is 6.92 Å². The molecule has 0 saturated heterocycles. The molecule has 1 heterocycles. The molecule has 16 heavy (non-hydrogen) atoms. The molecule has 1 aliphatic carbocycles. The van der Waals surface area contributed by atoms with Crippen LogP contribution in [0.15, 0.2) is 22.8 Å². The highest BCUT2D eigenvalue weighted by atomic mass is 16.3.